The lowest BCUT2D eigenvalue weighted by atomic mass is 9.99. The Bertz CT molecular complexity index is 1490. The van der Waals surface area contributed by atoms with Crippen molar-refractivity contribution in [2.24, 2.45) is 0 Å². The van der Waals surface area contributed by atoms with Crippen molar-refractivity contribution < 1.29 is 9.18 Å². The molecule has 0 spiro atoms. The molecule has 1 amide bonds. The van der Waals surface area contributed by atoms with Gasteiger partial charge in [0.05, 0.1) is 5.52 Å². The smallest absolute Gasteiger partial charge is 0.274 e. The number of carbonyl (C=O) groups is 1. The second kappa shape index (κ2) is 8.19. The van der Waals surface area contributed by atoms with Gasteiger partial charge < -0.3 is 10.6 Å². The number of fused-ring (bicyclic) bond motifs is 1. The summed E-state index contributed by atoms with van der Waals surface area (Å²) in [4.78, 5) is 25.7. The van der Waals surface area contributed by atoms with Crippen LogP contribution in [0.25, 0.3) is 22.0 Å². The van der Waals surface area contributed by atoms with Crippen molar-refractivity contribution in [2.75, 3.05) is 17.7 Å². The molecule has 0 aliphatic heterocycles. The molecule has 5 rings (SSSR count). The molecule has 4 aromatic rings. The Morgan fingerprint density at radius 2 is 1.94 bits per heavy atom. The van der Waals surface area contributed by atoms with E-state index in [0.717, 1.165) is 22.1 Å². The summed E-state index contributed by atoms with van der Waals surface area (Å²) in [5.74, 6) is 0.0779. The number of benzene rings is 1. The molecule has 1 fully saturated rings. The van der Waals surface area contributed by atoms with Crippen LogP contribution >= 0.6 is 0 Å². The van der Waals surface area contributed by atoms with Gasteiger partial charge in [-0.3, -0.25) is 14.8 Å². The van der Waals surface area contributed by atoms with Gasteiger partial charge in [-0.1, -0.05) is 6.07 Å². The predicted octanol–water partition coefficient (Wildman–Crippen LogP) is 5.12. The van der Waals surface area contributed by atoms with E-state index in [1.165, 1.54) is 12.3 Å². The molecule has 1 aliphatic rings. The van der Waals surface area contributed by atoms with Gasteiger partial charge in [-0.2, -0.15) is 5.26 Å². The number of aromatic nitrogens is 3. The van der Waals surface area contributed by atoms with E-state index in [1.54, 1.807) is 31.6 Å². The summed E-state index contributed by atoms with van der Waals surface area (Å²) in [6.45, 7) is 1.97. The predicted molar refractivity (Wildman–Crippen MR) is 128 cm³/mol. The second-order valence-corrected chi connectivity index (χ2v) is 8.38. The molecule has 8 heteroatoms. The number of halogens is 1. The molecule has 0 saturated heterocycles. The van der Waals surface area contributed by atoms with Crippen LogP contribution in [0.1, 0.15) is 40.0 Å². The molecule has 0 radical (unpaired) electrons. The summed E-state index contributed by atoms with van der Waals surface area (Å²) in [6.07, 6.45) is 5.80. The number of aryl methyl sites for hydroxylation is 1. The van der Waals surface area contributed by atoms with Crippen molar-refractivity contribution in [2.45, 2.75) is 25.4 Å². The highest BCUT2D eigenvalue weighted by atomic mass is 19.1. The number of hydrogen-bond acceptors (Lipinski definition) is 6. The molecule has 1 saturated carbocycles. The van der Waals surface area contributed by atoms with Gasteiger partial charge >= 0.3 is 0 Å². The lowest BCUT2D eigenvalue weighted by Crippen LogP contribution is -2.15. The Labute approximate surface area is 195 Å². The van der Waals surface area contributed by atoms with Crippen LogP contribution in [0.4, 0.5) is 15.9 Å². The molecule has 34 heavy (non-hydrogen) atoms. The highest BCUT2D eigenvalue weighted by Gasteiger charge is 2.45. The molecule has 7 nitrogen and oxygen atoms in total. The summed E-state index contributed by atoms with van der Waals surface area (Å²) in [5, 5.41) is 16.0. The molecule has 2 N–H and O–H groups in total. The Morgan fingerprint density at radius 1 is 1.12 bits per heavy atom. The van der Waals surface area contributed by atoms with E-state index < -0.39 is 11.6 Å². The van der Waals surface area contributed by atoms with Gasteiger partial charge in [0, 0.05) is 42.3 Å². The fourth-order valence-corrected chi connectivity index (χ4v) is 3.98. The molecular formula is C26H21FN6O. The van der Waals surface area contributed by atoms with Gasteiger partial charge in [-0.05, 0) is 66.8 Å². The molecule has 1 aliphatic carbocycles. The van der Waals surface area contributed by atoms with E-state index in [4.69, 9.17) is 0 Å². The maximum absolute atomic E-state index is 14.4. The minimum atomic E-state index is -1.33. The van der Waals surface area contributed by atoms with Crippen LogP contribution < -0.4 is 10.6 Å². The first kappa shape index (κ1) is 21.5. The summed E-state index contributed by atoms with van der Waals surface area (Å²) < 4.78 is 14.4. The molecule has 0 atom stereocenters. The average Bonchev–Trinajstić information content (AvgIpc) is 3.62. The number of anilines is 2. The topological polar surface area (TPSA) is 104 Å². The summed E-state index contributed by atoms with van der Waals surface area (Å²) in [7, 11) is 1.71. The number of alkyl halides is 1. The maximum atomic E-state index is 14.4. The number of rotatable bonds is 5. The normalized spacial score (nSPS) is 13.8. The van der Waals surface area contributed by atoms with Gasteiger partial charge in [-0.25, -0.2) is 9.37 Å². The van der Waals surface area contributed by atoms with Crippen LogP contribution in [0.5, 0.6) is 0 Å². The van der Waals surface area contributed by atoms with E-state index >= 15 is 0 Å². The fourth-order valence-electron chi connectivity index (χ4n) is 3.98. The first-order valence-electron chi connectivity index (χ1n) is 10.9. The van der Waals surface area contributed by atoms with Crippen molar-refractivity contribution in [1.29, 1.82) is 5.26 Å². The summed E-state index contributed by atoms with van der Waals surface area (Å²) >= 11 is 0. The third-order valence-corrected chi connectivity index (χ3v) is 6.08. The van der Waals surface area contributed by atoms with Crippen LogP contribution in [0, 0.1) is 18.3 Å². The van der Waals surface area contributed by atoms with Crippen molar-refractivity contribution >= 4 is 28.3 Å². The highest BCUT2D eigenvalue weighted by molar-refractivity contribution is 6.03. The molecular weight excluding hydrogens is 431 g/mol. The minimum absolute atomic E-state index is 0.173. The standard InChI is InChI=1S/C26H21FN6O/c1-15-3-4-19(33-25(34)22-10-18(5-8-30-22)26(27)6-7-26)11-20(15)16-9-17-14-32-24(29-2)21(12-28)23(17)31-13-16/h3-5,8-11,13-14H,6-7H2,1-2H3,(H,29,32)(H,33,34). The Hall–Kier alpha value is -4.38. The van der Waals surface area contributed by atoms with Crippen molar-refractivity contribution in [3.05, 3.63) is 77.4 Å². The van der Waals surface area contributed by atoms with E-state index in [9.17, 15) is 14.4 Å². The van der Waals surface area contributed by atoms with E-state index in [-0.39, 0.29) is 5.69 Å². The first-order valence-corrected chi connectivity index (χ1v) is 10.9. The lowest BCUT2D eigenvalue weighted by Gasteiger charge is -2.12. The number of hydrogen-bond donors (Lipinski definition) is 2. The number of nitrogens with zero attached hydrogens (tertiary/aromatic N) is 4. The fraction of sp³-hybridized carbons (Fsp3) is 0.192. The van der Waals surface area contributed by atoms with Crippen molar-refractivity contribution in [3.8, 4) is 17.2 Å². The quantitative estimate of drug-likeness (QED) is 0.435. The SMILES string of the molecule is CNc1ncc2cc(-c3cc(NC(=O)c4cc(C5(F)CC5)ccn4)ccc3C)cnc2c1C#N. The Kier molecular flexibility index (Phi) is 5.17. The Balaban J connectivity index is 1.46. The number of carbonyl (C=O) groups excluding carboxylic acids is 1. The number of amides is 1. The molecule has 3 heterocycles. The van der Waals surface area contributed by atoms with E-state index in [0.29, 0.717) is 41.0 Å². The van der Waals surface area contributed by atoms with Crippen LogP contribution in [-0.4, -0.2) is 27.9 Å². The average molecular weight is 452 g/mol. The van der Waals surface area contributed by atoms with Gasteiger partial charge in [0.15, 0.2) is 0 Å². The molecule has 0 bridgehead atoms. The zero-order valence-corrected chi connectivity index (χ0v) is 18.7. The highest BCUT2D eigenvalue weighted by Crippen LogP contribution is 2.49. The maximum Gasteiger partial charge on any atom is 0.274 e. The van der Waals surface area contributed by atoms with Crippen LogP contribution in [0.15, 0.2) is 55.0 Å². The van der Waals surface area contributed by atoms with Gasteiger partial charge in [-0.15, -0.1) is 0 Å². The third kappa shape index (κ3) is 3.82. The second-order valence-electron chi connectivity index (χ2n) is 8.38. The van der Waals surface area contributed by atoms with Gasteiger partial charge in [0.2, 0.25) is 0 Å². The molecule has 168 valence electrons. The number of pyridine rings is 3. The zero-order valence-electron chi connectivity index (χ0n) is 18.7. The van der Waals surface area contributed by atoms with E-state index in [2.05, 4.69) is 31.7 Å². The van der Waals surface area contributed by atoms with Gasteiger partial charge in [0.25, 0.3) is 5.91 Å². The van der Waals surface area contributed by atoms with Crippen molar-refractivity contribution in [1.82, 2.24) is 15.0 Å². The molecule has 1 aromatic carbocycles. The lowest BCUT2D eigenvalue weighted by molar-refractivity contribution is 0.102. The molecule has 0 unspecified atom stereocenters. The summed E-state index contributed by atoms with van der Waals surface area (Å²) in [5.41, 5.74) is 3.58. The van der Waals surface area contributed by atoms with Crippen LogP contribution in [-0.2, 0) is 5.67 Å². The van der Waals surface area contributed by atoms with Crippen LogP contribution in [0.2, 0.25) is 0 Å². The molecule has 3 aromatic heterocycles. The summed E-state index contributed by atoms with van der Waals surface area (Å²) in [6, 6.07) is 12.8. The first-order chi connectivity index (χ1) is 16.4. The Morgan fingerprint density at radius 3 is 2.68 bits per heavy atom. The largest absolute Gasteiger partial charge is 0.372 e. The number of nitriles is 1. The van der Waals surface area contributed by atoms with Gasteiger partial charge in [0.1, 0.15) is 28.8 Å². The third-order valence-electron chi connectivity index (χ3n) is 6.08. The van der Waals surface area contributed by atoms with Crippen molar-refractivity contribution in [3.63, 3.8) is 0 Å². The van der Waals surface area contributed by atoms with Crippen LogP contribution in [0.3, 0.4) is 0 Å². The zero-order chi connectivity index (χ0) is 23.9. The minimum Gasteiger partial charge on any atom is -0.372 e. The number of nitrogens with one attached hydrogen (secondary N) is 2. The monoisotopic (exact) mass is 452 g/mol. The van der Waals surface area contributed by atoms with E-state index in [1.807, 2.05) is 25.1 Å².